The third-order valence-electron chi connectivity index (χ3n) is 5.47. The number of anilines is 2. The van der Waals surface area contributed by atoms with Crippen molar-refractivity contribution in [1.29, 1.82) is 0 Å². The minimum Gasteiger partial charge on any atom is -0.322 e. The van der Waals surface area contributed by atoms with Gasteiger partial charge in [-0.25, -0.2) is 4.39 Å². The predicted molar refractivity (Wildman–Crippen MR) is 127 cm³/mol. The molecule has 4 aromatic carbocycles. The molecular weight excluding hydrogens is 423 g/mol. The number of thioether (sulfide) groups is 1. The number of carbonyl (C=O) groups excluding carboxylic acids is 2. The van der Waals surface area contributed by atoms with Crippen molar-refractivity contribution in [3.63, 3.8) is 0 Å². The Morgan fingerprint density at radius 2 is 1.62 bits per heavy atom. The topological polar surface area (TPSA) is 49.4 Å². The van der Waals surface area contributed by atoms with Crippen LogP contribution in [0.15, 0.2) is 91.0 Å². The number of fused-ring (bicyclic) bond motifs is 1. The van der Waals surface area contributed by atoms with Gasteiger partial charge in [-0.05, 0) is 46.7 Å². The van der Waals surface area contributed by atoms with Gasteiger partial charge in [0.05, 0.1) is 11.4 Å². The second kappa shape index (κ2) is 8.48. The fraction of sp³-hybridized carbons (Fsp3) is 0.0769. The third-order valence-corrected chi connectivity index (χ3v) is 6.68. The Balaban J connectivity index is 1.38. The summed E-state index contributed by atoms with van der Waals surface area (Å²) < 4.78 is 14.3. The fourth-order valence-electron chi connectivity index (χ4n) is 3.93. The zero-order valence-corrected chi connectivity index (χ0v) is 17.8. The van der Waals surface area contributed by atoms with Gasteiger partial charge in [-0.2, -0.15) is 0 Å². The zero-order valence-electron chi connectivity index (χ0n) is 17.0. The third kappa shape index (κ3) is 3.74. The van der Waals surface area contributed by atoms with E-state index in [-0.39, 0.29) is 22.9 Å². The van der Waals surface area contributed by atoms with E-state index in [0.29, 0.717) is 17.0 Å². The Bertz CT molecular complexity index is 1320. The molecule has 158 valence electrons. The highest BCUT2D eigenvalue weighted by molar-refractivity contribution is 8.00. The Labute approximate surface area is 189 Å². The van der Waals surface area contributed by atoms with E-state index in [0.717, 1.165) is 16.3 Å². The maximum Gasteiger partial charge on any atom is 0.256 e. The lowest BCUT2D eigenvalue weighted by atomic mass is 10.0. The van der Waals surface area contributed by atoms with E-state index in [1.54, 1.807) is 36.4 Å². The molecule has 4 nitrogen and oxygen atoms in total. The van der Waals surface area contributed by atoms with Crippen molar-refractivity contribution in [3.8, 4) is 0 Å². The highest BCUT2D eigenvalue weighted by Gasteiger charge is 2.35. The second-order valence-corrected chi connectivity index (χ2v) is 8.55. The fourth-order valence-corrected chi connectivity index (χ4v) is 5.10. The number of benzene rings is 4. The first-order chi connectivity index (χ1) is 15.6. The van der Waals surface area contributed by atoms with Crippen LogP contribution in [0.4, 0.5) is 15.8 Å². The summed E-state index contributed by atoms with van der Waals surface area (Å²) in [6.45, 7) is 0. The monoisotopic (exact) mass is 442 g/mol. The Morgan fingerprint density at radius 3 is 2.44 bits per heavy atom. The minimum atomic E-state index is -0.424. The molecule has 2 amide bonds. The lowest BCUT2D eigenvalue weighted by molar-refractivity contribution is -0.115. The van der Waals surface area contributed by atoms with E-state index in [4.69, 9.17) is 0 Å². The summed E-state index contributed by atoms with van der Waals surface area (Å²) in [6, 6.07) is 27.0. The van der Waals surface area contributed by atoms with Crippen LogP contribution in [0.3, 0.4) is 0 Å². The molecule has 1 aliphatic rings. The van der Waals surface area contributed by atoms with Crippen molar-refractivity contribution in [1.82, 2.24) is 0 Å². The smallest absolute Gasteiger partial charge is 0.256 e. The van der Waals surface area contributed by atoms with Gasteiger partial charge < -0.3 is 5.32 Å². The first-order valence-electron chi connectivity index (χ1n) is 10.2. The van der Waals surface area contributed by atoms with Crippen molar-refractivity contribution in [2.24, 2.45) is 0 Å². The molecule has 0 spiro atoms. The SMILES string of the molecule is O=C(Nc1ccc([C@H]2SCC(=O)N2c2ccccc2F)cc1)c1cccc2ccccc12. The largest absolute Gasteiger partial charge is 0.322 e. The maximum absolute atomic E-state index is 14.3. The summed E-state index contributed by atoms with van der Waals surface area (Å²) in [6.07, 6.45) is 0. The van der Waals surface area contributed by atoms with Crippen LogP contribution in [-0.4, -0.2) is 17.6 Å². The van der Waals surface area contributed by atoms with Crippen LogP contribution in [-0.2, 0) is 4.79 Å². The van der Waals surface area contributed by atoms with Gasteiger partial charge >= 0.3 is 0 Å². The van der Waals surface area contributed by atoms with Gasteiger partial charge in [0.1, 0.15) is 11.2 Å². The van der Waals surface area contributed by atoms with Crippen molar-refractivity contribution < 1.29 is 14.0 Å². The van der Waals surface area contributed by atoms with Gasteiger partial charge in [-0.3, -0.25) is 14.5 Å². The number of nitrogens with zero attached hydrogens (tertiary/aromatic N) is 1. The summed E-state index contributed by atoms with van der Waals surface area (Å²) in [5.74, 6) is -0.447. The quantitative estimate of drug-likeness (QED) is 0.421. The molecule has 0 unspecified atom stereocenters. The molecule has 1 heterocycles. The first kappa shape index (κ1) is 20.3. The lowest BCUT2D eigenvalue weighted by Crippen LogP contribution is -2.28. The molecule has 1 atom stereocenters. The molecule has 32 heavy (non-hydrogen) atoms. The Kier molecular flexibility index (Phi) is 5.37. The molecule has 0 aromatic heterocycles. The van der Waals surface area contributed by atoms with Crippen LogP contribution in [0, 0.1) is 5.82 Å². The molecular formula is C26H19FN2O2S. The average molecular weight is 443 g/mol. The number of hydrogen-bond donors (Lipinski definition) is 1. The van der Waals surface area contributed by atoms with Crippen LogP contribution in [0.2, 0.25) is 0 Å². The van der Waals surface area contributed by atoms with Crippen molar-refractivity contribution in [2.75, 3.05) is 16.0 Å². The van der Waals surface area contributed by atoms with E-state index >= 15 is 0 Å². The molecule has 0 bridgehead atoms. The number of hydrogen-bond acceptors (Lipinski definition) is 3. The molecule has 0 radical (unpaired) electrons. The van der Waals surface area contributed by atoms with E-state index in [9.17, 15) is 14.0 Å². The summed E-state index contributed by atoms with van der Waals surface area (Å²) in [4.78, 5) is 26.8. The summed E-state index contributed by atoms with van der Waals surface area (Å²) in [5, 5.41) is 4.53. The van der Waals surface area contributed by atoms with E-state index < -0.39 is 5.82 Å². The number of para-hydroxylation sites is 1. The van der Waals surface area contributed by atoms with Gasteiger partial charge in [0.2, 0.25) is 5.91 Å². The Morgan fingerprint density at radius 1 is 0.906 bits per heavy atom. The van der Waals surface area contributed by atoms with Gasteiger partial charge in [0, 0.05) is 11.3 Å². The molecule has 1 fully saturated rings. The molecule has 6 heteroatoms. The van der Waals surface area contributed by atoms with Crippen LogP contribution in [0.1, 0.15) is 21.3 Å². The van der Waals surface area contributed by atoms with E-state index in [1.165, 1.54) is 22.7 Å². The average Bonchev–Trinajstić information content (AvgIpc) is 3.20. The Hall–Kier alpha value is -3.64. The minimum absolute atomic E-state index is 0.126. The van der Waals surface area contributed by atoms with E-state index in [2.05, 4.69) is 5.32 Å². The van der Waals surface area contributed by atoms with Crippen molar-refractivity contribution in [3.05, 3.63) is 108 Å². The number of nitrogens with one attached hydrogen (secondary N) is 1. The standard InChI is InChI=1S/C26H19FN2O2S/c27-22-10-3-4-11-23(22)29-24(30)16-32-26(29)18-12-14-19(15-13-18)28-25(31)21-9-5-7-17-6-1-2-8-20(17)21/h1-15,26H,16H2,(H,28,31)/t26-/m1/s1. The second-order valence-electron chi connectivity index (χ2n) is 7.48. The zero-order chi connectivity index (χ0) is 22.1. The number of halogens is 1. The van der Waals surface area contributed by atoms with Crippen LogP contribution in [0.5, 0.6) is 0 Å². The molecule has 0 saturated carbocycles. The number of amides is 2. The molecule has 4 aromatic rings. The molecule has 1 saturated heterocycles. The van der Waals surface area contributed by atoms with Crippen LogP contribution < -0.4 is 10.2 Å². The molecule has 1 aliphatic heterocycles. The highest BCUT2D eigenvalue weighted by atomic mass is 32.2. The molecule has 5 rings (SSSR count). The summed E-state index contributed by atoms with van der Waals surface area (Å²) >= 11 is 1.46. The maximum atomic E-state index is 14.3. The predicted octanol–water partition coefficient (Wildman–Crippen LogP) is 6.01. The van der Waals surface area contributed by atoms with Crippen molar-refractivity contribution >= 4 is 45.7 Å². The van der Waals surface area contributed by atoms with Crippen LogP contribution in [0.25, 0.3) is 10.8 Å². The molecule has 0 aliphatic carbocycles. The van der Waals surface area contributed by atoms with Gasteiger partial charge in [0.25, 0.3) is 5.91 Å². The van der Waals surface area contributed by atoms with E-state index in [1.807, 2.05) is 48.5 Å². The normalized spacial score (nSPS) is 15.8. The summed E-state index contributed by atoms with van der Waals surface area (Å²) in [7, 11) is 0. The van der Waals surface area contributed by atoms with Crippen LogP contribution >= 0.6 is 11.8 Å². The number of rotatable bonds is 4. The van der Waals surface area contributed by atoms with Gasteiger partial charge in [-0.1, -0.05) is 60.7 Å². The molecule has 1 N–H and O–H groups in total. The first-order valence-corrected chi connectivity index (χ1v) is 11.2. The lowest BCUT2D eigenvalue weighted by Gasteiger charge is -2.24. The van der Waals surface area contributed by atoms with Gasteiger partial charge in [-0.15, -0.1) is 11.8 Å². The summed E-state index contributed by atoms with van der Waals surface area (Å²) in [5.41, 5.74) is 2.40. The van der Waals surface area contributed by atoms with Crippen molar-refractivity contribution in [2.45, 2.75) is 5.37 Å². The van der Waals surface area contributed by atoms with Gasteiger partial charge in [0.15, 0.2) is 0 Å². The number of carbonyl (C=O) groups is 2. The highest BCUT2D eigenvalue weighted by Crippen LogP contribution is 2.42.